The van der Waals surface area contributed by atoms with E-state index in [2.05, 4.69) is 70.2 Å². The van der Waals surface area contributed by atoms with E-state index in [1.54, 1.807) is 22.4 Å². The first-order chi connectivity index (χ1) is 23.7. The van der Waals surface area contributed by atoms with Crippen molar-refractivity contribution >= 4 is 11.9 Å². The number of fused-ring (bicyclic) bond motifs is 7. The van der Waals surface area contributed by atoms with Crippen LogP contribution in [0.2, 0.25) is 0 Å². The van der Waals surface area contributed by atoms with Crippen molar-refractivity contribution in [2.24, 2.45) is 56.7 Å². The van der Waals surface area contributed by atoms with Gasteiger partial charge in [-0.25, -0.2) is 0 Å². The molecule has 4 fully saturated rings. The van der Waals surface area contributed by atoms with Gasteiger partial charge in [0.05, 0.1) is 37.1 Å². The molecule has 5 aliphatic rings. The van der Waals surface area contributed by atoms with Gasteiger partial charge in [-0.15, -0.1) is 5.10 Å². The molecule has 2 N–H and O–H groups in total. The second kappa shape index (κ2) is 12.6. The van der Waals surface area contributed by atoms with Gasteiger partial charge in [0, 0.05) is 13.0 Å². The summed E-state index contributed by atoms with van der Waals surface area (Å²) in [5.41, 5.74) is 2.10. The summed E-state index contributed by atoms with van der Waals surface area (Å²) in [5.74, 6) is 2.25. The molecule has 10 atom stereocenters. The number of hydrogen-bond donors (Lipinski definition) is 2. The highest BCUT2D eigenvalue weighted by atomic mass is 16.5. The number of nitrogens with one attached hydrogen (secondary N) is 1. The normalized spacial score (nSPS) is 40.4. The number of aromatic nitrogens is 3. The Morgan fingerprint density at radius 1 is 1.04 bits per heavy atom. The van der Waals surface area contributed by atoms with E-state index in [0.717, 1.165) is 44.9 Å². The van der Waals surface area contributed by atoms with E-state index in [0.29, 0.717) is 48.9 Å². The molecule has 2 aromatic heterocycles. The van der Waals surface area contributed by atoms with Gasteiger partial charge in [-0.2, -0.15) is 0 Å². The van der Waals surface area contributed by atoms with E-state index in [9.17, 15) is 14.7 Å². The first-order valence-corrected chi connectivity index (χ1v) is 19.4. The average molecular weight is 689 g/mol. The van der Waals surface area contributed by atoms with E-state index in [4.69, 9.17) is 9.15 Å². The molecule has 0 radical (unpaired) electrons. The van der Waals surface area contributed by atoms with E-state index < -0.39 is 5.41 Å². The quantitative estimate of drug-likeness (QED) is 0.165. The van der Waals surface area contributed by atoms with Crippen LogP contribution in [0.4, 0.5) is 0 Å². The number of furan rings is 1. The summed E-state index contributed by atoms with van der Waals surface area (Å²) in [4.78, 5) is 26.6. The highest BCUT2D eigenvalue weighted by molar-refractivity contribution is 5.91. The Balaban J connectivity index is 1.04. The zero-order valence-electron chi connectivity index (χ0n) is 31.5. The zero-order chi connectivity index (χ0) is 35.7. The van der Waals surface area contributed by atoms with E-state index in [-0.39, 0.29) is 57.9 Å². The third kappa shape index (κ3) is 5.33. The molecule has 9 nitrogen and oxygen atoms in total. The van der Waals surface area contributed by atoms with Gasteiger partial charge < -0.3 is 19.6 Å². The van der Waals surface area contributed by atoms with Crippen molar-refractivity contribution in [2.75, 3.05) is 6.61 Å². The molecule has 274 valence electrons. The van der Waals surface area contributed by atoms with Gasteiger partial charge in [-0.3, -0.25) is 14.3 Å². The number of aryl methyl sites for hydroxylation is 1. The predicted octanol–water partition coefficient (Wildman–Crippen LogP) is 7.75. The van der Waals surface area contributed by atoms with Crippen LogP contribution in [-0.4, -0.2) is 44.7 Å². The van der Waals surface area contributed by atoms with Gasteiger partial charge in [0.2, 0.25) is 0 Å². The van der Waals surface area contributed by atoms with E-state index in [1.165, 1.54) is 19.1 Å². The van der Waals surface area contributed by atoms with Crippen molar-refractivity contribution < 1.29 is 23.8 Å². The second-order valence-electron chi connectivity index (χ2n) is 18.3. The molecule has 0 aromatic carbocycles. The van der Waals surface area contributed by atoms with Gasteiger partial charge in [0.1, 0.15) is 5.69 Å². The van der Waals surface area contributed by atoms with E-state index >= 15 is 0 Å². The van der Waals surface area contributed by atoms with Crippen LogP contribution in [0.1, 0.15) is 129 Å². The lowest BCUT2D eigenvalue weighted by molar-refractivity contribution is -0.207. The standard InChI is InChI=1S/C41H60N4O5/c1-26-13-18-41(36(48)50-23-9-21-45-25-28(43-44-45)24-42-35(47)30-10-8-22-49-30)20-19-39(6)29(34(41)27(26)2)11-12-32-38(5)16-15-33(46)37(3,4)31(38)14-17-40(32,39)7/h8,10-11,22,25-27,31-34,46H,9,12-21,23-24H2,1-7H3,(H,42,47)/t26-,27+,31?,32-,33+,34+,38+,39-,40-,41+/m1/s1. The molecule has 50 heavy (non-hydrogen) atoms. The molecular formula is C41H60N4O5. The molecule has 0 aliphatic heterocycles. The summed E-state index contributed by atoms with van der Waals surface area (Å²) in [7, 11) is 0. The SMILES string of the molecule is C[C@H]1[C@H](C)CC[C@]2(C(=O)OCCCn3cc(CNC(=O)c4ccco4)nn3)CC[C@]3(C)C(=CC[C@@H]4[C@@]5(C)CC[C@H](O)C(C)(C)C5CC[C@]43C)[C@H]12. The predicted molar refractivity (Wildman–Crippen MR) is 190 cm³/mol. The Morgan fingerprint density at radius 2 is 1.84 bits per heavy atom. The summed E-state index contributed by atoms with van der Waals surface area (Å²) in [6.45, 7) is 18.3. The molecule has 9 heteroatoms. The lowest BCUT2D eigenvalue weighted by Crippen LogP contribution is -2.65. The monoisotopic (exact) mass is 688 g/mol. The van der Waals surface area contributed by atoms with Crippen molar-refractivity contribution in [3.63, 3.8) is 0 Å². The number of rotatable bonds is 8. The van der Waals surface area contributed by atoms with Crippen LogP contribution in [0.5, 0.6) is 0 Å². The van der Waals surface area contributed by atoms with Crippen molar-refractivity contribution in [1.82, 2.24) is 20.3 Å². The fourth-order valence-electron chi connectivity index (χ4n) is 12.6. The fourth-order valence-corrected chi connectivity index (χ4v) is 12.6. The molecule has 7 rings (SSSR count). The van der Waals surface area contributed by atoms with Crippen LogP contribution in [0.3, 0.4) is 0 Å². The van der Waals surface area contributed by atoms with Crippen LogP contribution in [0, 0.1) is 56.7 Å². The molecule has 1 amide bonds. The molecule has 0 bridgehead atoms. The van der Waals surface area contributed by atoms with E-state index in [1.807, 2.05) is 6.20 Å². The van der Waals surface area contributed by atoms with Crippen LogP contribution in [0.15, 0.2) is 40.7 Å². The van der Waals surface area contributed by atoms with Crippen LogP contribution >= 0.6 is 0 Å². The number of ether oxygens (including phenoxy) is 1. The number of esters is 1. The van der Waals surface area contributed by atoms with Gasteiger partial charge in [-0.1, -0.05) is 65.3 Å². The highest BCUT2D eigenvalue weighted by Crippen LogP contribution is 2.75. The summed E-state index contributed by atoms with van der Waals surface area (Å²) >= 11 is 0. The lowest BCUT2D eigenvalue weighted by Gasteiger charge is -2.71. The van der Waals surface area contributed by atoms with Gasteiger partial charge in [0.15, 0.2) is 5.76 Å². The number of aliphatic hydroxyl groups is 1. The summed E-state index contributed by atoms with van der Waals surface area (Å²) < 4.78 is 13.1. The highest BCUT2D eigenvalue weighted by Gasteiger charge is 2.69. The minimum absolute atomic E-state index is 0.00455. The van der Waals surface area contributed by atoms with Gasteiger partial charge in [-0.05, 0) is 121 Å². The molecule has 2 heterocycles. The maximum Gasteiger partial charge on any atom is 0.312 e. The number of aliphatic hydroxyl groups excluding tert-OH is 1. The molecule has 4 saturated carbocycles. The fraction of sp³-hybridized carbons (Fsp3) is 0.756. The van der Waals surface area contributed by atoms with Crippen LogP contribution < -0.4 is 5.32 Å². The minimum atomic E-state index is -0.467. The maximum atomic E-state index is 14.4. The average Bonchev–Trinajstić information content (AvgIpc) is 3.79. The molecule has 0 saturated heterocycles. The first kappa shape index (κ1) is 35.5. The van der Waals surface area contributed by atoms with Crippen molar-refractivity contribution in [2.45, 2.75) is 132 Å². The van der Waals surface area contributed by atoms with Crippen molar-refractivity contribution in [3.05, 3.63) is 47.7 Å². The number of hydrogen-bond acceptors (Lipinski definition) is 7. The Morgan fingerprint density at radius 3 is 2.60 bits per heavy atom. The molecule has 0 spiro atoms. The Hall–Kier alpha value is -2.94. The Kier molecular flexibility index (Phi) is 8.96. The van der Waals surface area contributed by atoms with Crippen molar-refractivity contribution in [1.29, 1.82) is 0 Å². The van der Waals surface area contributed by atoms with Crippen LogP contribution in [-0.2, 0) is 22.6 Å². The number of nitrogens with zero attached hydrogens (tertiary/aromatic N) is 3. The molecule has 1 unspecified atom stereocenters. The van der Waals surface area contributed by atoms with Gasteiger partial charge in [0.25, 0.3) is 5.91 Å². The summed E-state index contributed by atoms with van der Waals surface area (Å²) in [6.07, 6.45) is 15.7. The Bertz CT molecular complexity index is 1610. The van der Waals surface area contributed by atoms with Gasteiger partial charge >= 0.3 is 5.97 Å². The van der Waals surface area contributed by atoms with Crippen LogP contribution in [0.25, 0.3) is 0 Å². The largest absolute Gasteiger partial charge is 0.465 e. The maximum absolute atomic E-state index is 14.4. The summed E-state index contributed by atoms with van der Waals surface area (Å²) in [6, 6.07) is 3.30. The smallest absolute Gasteiger partial charge is 0.312 e. The van der Waals surface area contributed by atoms with Crippen molar-refractivity contribution in [3.8, 4) is 0 Å². The number of carbonyl (C=O) groups is 2. The third-order valence-corrected chi connectivity index (χ3v) is 15.9. The first-order valence-electron chi connectivity index (χ1n) is 19.4. The summed E-state index contributed by atoms with van der Waals surface area (Å²) in [5, 5.41) is 22.3. The molecular weight excluding hydrogens is 628 g/mol. The third-order valence-electron chi connectivity index (χ3n) is 15.9. The molecule has 5 aliphatic carbocycles. The minimum Gasteiger partial charge on any atom is -0.465 e. The number of amides is 1. The number of allylic oxidation sites excluding steroid dienone is 2. The Labute approximate surface area is 298 Å². The topological polar surface area (TPSA) is 119 Å². The lowest BCUT2D eigenvalue weighted by atomic mass is 9.33. The molecule has 2 aromatic rings. The number of carbonyl (C=O) groups excluding carboxylic acids is 2. The second-order valence-corrected chi connectivity index (χ2v) is 18.3. The zero-order valence-corrected chi connectivity index (χ0v) is 31.5.